The molecular formula is C16H16ClN5O2. The Kier molecular flexibility index (Phi) is 3.95. The molecule has 124 valence electrons. The Labute approximate surface area is 143 Å². The van der Waals surface area contributed by atoms with Crippen molar-refractivity contribution in [1.82, 2.24) is 19.5 Å². The van der Waals surface area contributed by atoms with E-state index in [0.29, 0.717) is 22.7 Å². The highest BCUT2D eigenvalue weighted by Crippen LogP contribution is 2.30. The molecule has 2 aromatic heterocycles. The topological polar surface area (TPSA) is 85.1 Å². The van der Waals surface area contributed by atoms with Gasteiger partial charge >= 0.3 is 0 Å². The molecule has 24 heavy (non-hydrogen) atoms. The van der Waals surface area contributed by atoms with E-state index in [1.54, 1.807) is 24.5 Å². The summed E-state index contributed by atoms with van der Waals surface area (Å²) in [4.78, 5) is 13.0. The van der Waals surface area contributed by atoms with Crippen LogP contribution >= 0.6 is 11.6 Å². The van der Waals surface area contributed by atoms with E-state index in [-0.39, 0.29) is 17.3 Å². The predicted molar refractivity (Wildman–Crippen MR) is 90.6 cm³/mol. The number of rotatable bonds is 3. The molecule has 3 aromatic rings. The van der Waals surface area contributed by atoms with Gasteiger partial charge in [-0.25, -0.2) is 4.98 Å². The van der Waals surface area contributed by atoms with Crippen molar-refractivity contribution in [2.75, 3.05) is 11.9 Å². The number of anilines is 2. The first-order valence-corrected chi connectivity index (χ1v) is 8.16. The number of benzene rings is 1. The molecule has 0 amide bonds. The van der Waals surface area contributed by atoms with Gasteiger partial charge in [-0.3, -0.25) is 4.57 Å². The fourth-order valence-electron chi connectivity index (χ4n) is 2.85. The number of phenolic OH excluding ortho intramolecular Hbond substituents is 1. The van der Waals surface area contributed by atoms with Crippen molar-refractivity contribution in [3.63, 3.8) is 0 Å². The number of imidazole rings is 1. The highest BCUT2D eigenvalue weighted by Gasteiger charge is 2.21. The Morgan fingerprint density at radius 3 is 3.00 bits per heavy atom. The van der Waals surface area contributed by atoms with Crippen molar-refractivity contribution in [1.29, 1.82) is 0 Å². The van der Waals surface area contributed by atoms with Gasteiger partial charge in [0.2, 0.25) is 5.28 Å². The molecule has 1 atom stereocenters. The van der Waals surface area contributed by atoms with Crippen LogP contribution in [0, 0.1) is 0 Å². The second-order valence-corrected chi connectivity index (χ2v) is 6.00. The molecule has 1 aliphatic rings. The summed E-state index contributed by atoms with van der Waals surface area (Å²) in [5.41, 5.74) is 1.93. The van der Waals surface area contributed by atoms with E-state index in [0.717, 1.165) is 25.9 Å². The van der Waals surface area contributed by atoms with E-state index in [9.17, 15) is 5.11 Å². The Balaban J connectivity index is 1.74. The van der Waals surface area contributed by atoms with Crippen LogP contribution in [0.5, 0.6) is 5.75 Å². The first-order chi connectivity index (χ1) is 11.7. The average molecular weight is 346 g/mol. The zero-order chi connectivity index (χ0) is 16.5. The molecule has 8 heteroatoms. The summed E-state index contributed by atoms with van der Waals surface area (Å²) in [6.45, 7) is 0.734. The van der Waals surface area contributed by atoms with Gasteiger partial charge in [0.25, 0.3) is 0 Å². The van der Waals surface area contributed by atoms with Crippen molar-refractivity contribution >= 4 is 34.3 Å². The molecule has 1 unspecified atom stereocenters. The van der Waals surface area contributed by atoms with Crippen molar-refractivity contribution in [3.05, 3.63) is 35.9 Å². The number of ether oxygens (including phenoxy) is 1. The van der Waals surface area contributed by atoms with Crippen molar-refractivity contribution in [2.45, 2.75) is 25.5 Å². The summed E-state index contributed by atoms with van der Waals surface area (Å²) in [5.74, 6) is 0.655. The number of nitrogens with one attached hydrogen (secondary N) is 1. The molecule has 3 heterocycles. The molecule has 0 aliphatic carbocycles. The van der Waals surface area contributed by atoms with Gasteiger partial charge in [-0.2, -0.15) is 9.97 Å². The van der Waals surface area contributed by atoms with Crippen LogP contribution in [0.2, 0.25) is 5.28 Å². The van der Waals surface area contributed by atoms with E-state index in [1.165, 1.54) is 0 Å². The van der Waals surface area contributed by atoms with Gasteiger partial charge in [-0.1, -0.05) is 6.07 Å². The maximum atomic E-state index is 9.60. The Hall–Kier alpha value is -2.38. The number of hydrogen-bond acceptors (Lipinski definition) is 6. The molecule has 0 radical (unpaired) electrons. The Morgan fingerprint density at radius 1 is 1.29 bits per heavy atom. The Bertz CT molecular complexity index is 876. The lowest BCUT2D eigenvalue weighted by Gasteiger charge is -2.23. The number of aromatic nitrogens is 4. The minimum absolute atomic E-state index is 0.0802. The molecule has 1 fully saturated rings. The maximum Gasteiger partial charge on any atom is 0.226 e. The molecular weight excluding hydrogens is 330 g/mol. The van der Waals surface area contributed by atoms with E-state index >= 15 is 0 Å². The van der Waals surface area contributed by atoms with Crippen LogP contribution in [0.25, 0.3) is 11.2 Å². The summed E-state index contributed by atoms with van der Waals surface area (Å²) >= 11 is 6.10. The smallest absolute Gasteiger partial charge is 0.226 e. The molecule has 0 spiro atoms. The van der Waals surface area contributed by atoms with Crippen LogP contribution in [0.4, 0.5) is 11.5 Å². The van der Waals surface area contributed by atoms with Crippen molar-refractivity contribution < 1.29 is 9.84 Å². The number of fused-ring (bicyclic) bond motifs is 1. The summed E-state index contributed by atoms with van der Waals surface area (Å²) < 4.78 is 7.71. The van der Waals surface area contributed by atoms with Gasteiger partial charge in [-0.15, -0.1) is 0 Å². The van der Waals surface area contributed by atoms with Gasteiger partial charge in [0.05, 0.1) is 6.33 Å². The zero-order valence-corrected chi connectivity index (χ0v) is 13.6. The van der Waals surface area contributed by atoms with Crippen LogP contribution in [0.3, 0.4) is 0 Å². The fraction of sp³-hybridized carbons (Fsp3) is 0.312. The SMILES string of the molecule is Oc1cccc(Nc2nc(Cl)nc3c2ncn3C2CCCCO2)c1. The largest absolute Gasteiger partial charge is 0.508 e. The summed E-state index contributed by atoms with van der Waals surface area (Å²) in [6.07, 6.45) is 4.73. The van der Waals surface area contributed by atoms with Gasteiger partial charge in [0.1, 0.15) is 12.0 Å². The third kappa shape index (κ3) is 2.88. The van der Waals surface area contributed by atoms with Gasteiger partial charge in [0.15, 0.2) is 17.0 Å². The Morgan fingerprint density at radius 2 is 2.21 bits per heavy atom. The van der Waals surface area contributed by atoms with Crippen LogP contribution in [-0.4, -0.2) is 31.2 Å². The van der Waals surface area contributed by atoms with Crippen molar-refractivity contribution in [2.24, 2.45) is 0 Å². The fourth-order valence-corrected chi connectivity index (χ4v) is 3.02. The van der Waals surface area contributed by atoms with E-state index in [4.69, 9.17) is 16.3 Å². The number of halogens is 1. The van der Waals surface area contributed by atoms with Gasteiger partial charge in [-0.05, 0) is 43.0 Å². The highest BCUT2D eigenvalue weighted by atomic mass is 35.5. The molecule has 2 N–H and O–H groups in total. The minimum atomic E-state index is -0.0802. The summed E-state index contributed by atoms with van der Waals surface area (Å²) in [7, 11) is 0. The normalized spacial score (nSPS) is 18.0. The average Bonchev–Trinajstić information content (AvgIpc) is 2.99. The third-order valence-electron chi connectivity index (χ3n) is 3.97. The van der Waals surface area contributed by atoms with Crippen LogP contribution < -0.4 is 5.32 Å². The van der Waals surface area contributed by atoms with E-state index < -0.39 is 0 Å². The standard InChI is InChI=1S/C16H16ClN5O2/c17-16-20-14(19-10-4-3-5-11(23)8-10)13-15(21-16)22(9-18-13)12-6-1-2-7-24-12/h3-5,8-9,12,23H,1-2,6-7H2,(H,19,20,21). The number of phenols is 1. The van der Waals surface area contributed by atoms with Crippen LogP contribution in [0.15, 0.2) is 30.6 Å². The van der Waals surface area contributed by atoms with Crippen LogP contribution in [-0.2, 0) is 4.74 Å². The lowest BCUT2D eigenvalue weighted by atomic mass is 10.2. The molecule has 1 aromatic carbocycles. The molecule has 0 saturated carbocycles. The molecule has 4 rings (SSSR count). The van der Waals surface area contributed by atoms with E-state index in [1.807, 2.05) is 10.6 Å². The summed E-state index contributed by atoms with van der Waals surface area (Å²) in [5, 5.41) is 12.9. The molecule has 7 nitrogen and oxygen atoms in total. The second-order valence-electron chi connectivity index (χ2n) is 5.66. The lowest BCUT2D eigenvalue weighted by Crippen LogP contribution is -2.17. The first kappa shape index (κ1) is 15.2. The predicted octanol–water partition coefficient (Wildman–Crippen LogP) is 3.63. The molecule has 1 aliphatic heterocycles. The minimum Gasteiger partial charge on any atom is -0.508 e. The number of hydrogen-bond donors (Lipinski definition) is 2. The second kappa shape index (κ2) is 6.26. The number of nitrogens with zero attached hydrogens (tertiary/aromatic N) is 4. The summed E-state index contributed by atoms with van der Waals surface area (Å²) in [6, 6.07) is 6.76. The highest BCUT2D eigenvalue weighted by molar-refractivity contribution is 6.28. The van der Waals surface area contributed by atoms with Crippen LogP contribution in [0.1, 0.15) is 25.5 Å². The monoisotopic (exact) mass is 345 g/mol. The first-order valence-electron chi connectivity index (χ1n) is 7.78. The lowest BCUT2D eigenvalue weighted by molar-refractivity contribution is -0.0298. The third-order valence-corrected chi connectivity index (χ3v) is 4.14. The van der Waals surface area contributed by atoms with E-state index in [2.05, 4.69) is 20.3 Å². The molecule has 0 bridgehead atoms. The van der Waals surface area contributed by atoms with Gasteiger partial charge in [0, 0.05) is 18.4 Å². The number of aromatic hydroxyl groups is 1. The zero-order valence-electron chi connectivity index (χ0n) is 12.8. The maximum absolute atomic E-state index is 9.60. The molecule has 1 saturated heterocycles. The quantitative estimate of drug-likeness (QED) is 0.705. The van der Waals surface area contributed by atoms with Gasteiger partial charge < -0.3 is 15.2 Å². The van der Waals surface area contributed by atoms with Crippen molar-refractivity contribution in [3.8, 4) is 5.75 Å².